The van der Waals surface area contributed by atoms with Crippen molar-refractivity contribution < 1.29 is 4.39 Å². The highest BCUT2D eigenvalue weighted by molar-refractivity contribution is 7.71. The van der Waals surface area contributed by atoms with Crippen molar-refractivity contribution in [3.05, 3.63) is 58.1 Å². The Kier molecular flexibility index (Phi) is 2.75. The first-order chi connectivity index (χ1) is 9.08. The number of nitrogens with one attached hydrogen (secondary N) is 1. The topological polar surface area (TPSA) is 20.7 Å². The Morgan fingerprint density at radius 1 is 1.16 bits per heavy atom. The third-order valence-corrected chi connectivity index (χ3v) is 3.55. The third kappa shape index (κ3) is 1.88. The van der Waals surface area contributed by atoms with Crippen LogP contribution < -0.4 is 0 Å². The van der Waals surface area contributed by atoms with Gasteiger partial charge in [0.2, 0.25) is 0 Å². The molecule has 2 aromatic carbocycles. The fraction of sp³-hybridized carbons (Fsp3) is 0.133. The van der Waals surface area contributed by atoms with Crippen LogP contribution in [-0.2, 0) is 0 Å². The number of H-pyrrole nitrogens is 1. The van der Waals surface area contributed by atoms with Gasteiger partial charge in [0.25, 0.3) is 0 Å². The summed E-state index contributed by atoms with van der Waals surface area (Å²) in [6.45, 7) is 3.94. The lowest BCUT2D eigenvalue weighted by Gasteiger charge is -2.07. The second-order valence-corrected chi connectivity index (χ2v) is 5.08. The number of aryl methyl sites for hydroxylation is 2. The van der Waals surface area contributed by atoms with E-state index >= 15 is 0 Å². The van der Waals surface area contributed by atoms with Crippen molar-refractivity contribution in [1.82, 2.24) is 9.55 Å². The van der Waals surface area contributed by atoms with Gasteiger partial charge in [-0.05, 0) is 55.4 Å². The lowest BCUT2D eigenvalue weighted by molar-refractivity contribution is 0.618. The number of benzene rings is 2. The molecule has 0 saturated carbocycles. The summed E-state index contributed by atoms with van der Waals surface area (Å²) in [6, 6.07) is 10.9. The molecule has 0 saturated heterocycles. The van der Waals surface area contributed by atoms with Gasteiger partial charge in [0.1, 0.15) is 5.82 Å². The maximum absolute atomic E-state index is 14.1. The van der Waals surface area contributed by atoms with Gasteiger partial charge in [0, 0.05) is 0 Å². The molecule has 1 aromatic heterocycles. The highest BCUT2D eigenvalue weighted by Gasteiger charge is 2.11. The summed E-state index contributed by atoms with van der Waals surface area (Å²) in [5.74, 6) is -0.274. The molecule has 3 rings (SSSR count). The SMILES string of the molecule is Cc1ccc(F)c(-n2c(=S)[nH]c3c(C)cccc32)c1. The molecule has 19 heavy (non-hydrogen) atoms. The molecule has 0 unspecified atom stereocenters. The first-order valence-electron chi connectivity index (χ1n) is 6.05. The Morgan fingerprint density at radius 2 is 1.95 bits per heavy atom. The summed E-state index contributed by atoms with van der Waals surface area (Å²) in [5.41, 5.74) is 4.43. The van der Waals surface area contributed by atoms with Crippen molar-refractivity contribution in [1.29, 1.82) is 0 Å². The quantitative estimate of drug-likeness (QED) is 0.649. The summed E-state index contributed by atoms with van der Waals surface area (Å²) in [4.78, 5) is 3.15. The number of fused-ring (bicyclic) bond motifs is 1. The lowest BCUT2D eigenvalue weighted by atomic mass is 10.2. The van der Waals surface area contributed by atoms with E-state index < -0.39 is 0 Å². The zero-order chi connectivity index (χ0) is 13.6. The van der Waals surface area contributed by atoms with Crippen LogP contribution in [0.25, 0.3) is 16.7 Å². The molecule has 0 bridgehead atoms. The molecule has 1 N–H and O–H groups in total. The highest BCUT2D eigenvalue weighted by atomic mass is 32.1. The van der Waals surface area contributed by atoms with Gasteiger partial charge in [0.15, 0.2) is 4.77 Å². The van der Waals surface area contributed by atoms with Gasteiger partial charge in [-0.1, -0.05) is 18.2 Å². The van der Waals surface area contributed by atoms with Crippen LogP contribution in [0.4, 0.5) is 4.39 Å². The molecule has 96 valence electrons. The average Bonchev–Trinajstić information content (AvgIpc) is 2.70. The largest absolute Gasteiger partial charge is 0.330 e. The summed E-state index contributed by atoms with van der Waals surface area (Å²) >= 11 is 5.34. The van der Waals surface area contributed by atoms with Crippen molar-refractivity contribution in [2.75, 3.05) is 0 Å². The molecule has 0 fully saturated rings. The molecule has 3 aromatic rings. The van der Waals surface area contributed by atoms with E-state index in [-0.39, 0.29) is 5.82 Å². The van der Waals surface area contributed by atoms with E-state index in [1.807, 2.05) is 32.0 Å². The minimum Gasteiger partial charge on any atom is -0.330 e. The number of nitrogens with zero attached hydrogens (tertiary/aromatic N) is 1. The van der Waals surface area contributed by atoms with Gasteiger partial charge in [-0.2, -0.15) is 0 Å². The predicted molar refractivity (Wildman–Crippen MR) is 77.9 cm³/mol. The molecule has 0 atom stereocenters. The van der Waals surface area contributed by atoms with E-state index in [2.05, 4.69) is 4.98 Å². The summed E-state index contributed by atoms with van der Waals surface area (Å²) in [7, 11) is 0. The normalized spacial score (nSPS) is 11.1. The van der Waals surface area contributed by atoms with E-state index in [1.165, 1.54) is 6.07 Å². The molecule has 0 aliphatic carbocycles. The van der Waals surface area contributed by atoms with Crippen LogP contribution in [0.2, 0.25) is 0 Å². The molecular formula is C15H13FN2S. The van der Waals surface area contributed by atoms with Crippen molar-refractivity contribution >= 4 is 23.3 Å². The zero-order valence-corrected chi connectivity index (χ0v) is 11.5. The van der Waals surface area contributed by atoms with Crippen molar-refractivity contribution in [3.63, 3.8) is 0 Å². The maximum Gasteiger partial charge on any atom is 0.182 e. The predicted octanol–water partition coefficient (Wildman–Crippen LogP) is 4.44. The second kappa shape index (κ2) is 4.31. The Bertz CT molecular complexity index is 830. The number of hydrogen-bond donors (Lipinski definition) is 1. The van der Waals surface area contributed by atoms with Gasteiger partial charge in [-0.25, -0.2) is 4.39 Å². The Balaban J connectivity index is 2.43. The number of aromatic nitrogens is 2. The number of para-hydroxylation sites is 1. The van der Waals surface area contributed by atoms with Crippen LogP contribution in [0.15, 0.2) is 36.4 Å². The summed E-state index contributed by atoms with van der Waals surface area (Å²) in [6.07, 6.45) is 0. The monoisotopic (exact) mass is 272 g/mol. The van der Waals surface area contributed by atoms with Crippen LogP contribution in [0.1, 0.15) is 11.1 Å². The molecular weight excluding hydrogens is 259 g/mol. The Hall–Kier alpha value is -1.94. The Morgan fingerprint density at radius 3 is 2.74 bits per heavy atom. The molecule has 0 spiro atoms. The van der Waals surface area contributed by atoms with Gasteiger partial charge in [0.05, 0.1) is 16.7 Å². The zero-order valence-electron chi connectivity index (χ0n) is 10.7. The second-order valence-electron chi connectivity index (χ2n) is 4.69. The summed E-state index contributed by atoms with van der Waals surface area (Å²) in [5, 5.41) is 0. The van der Waals surface area contributed by atoms with Crippen LogP contribution in [0.3, 0.4) is 0 Å². The fourth-order valence-electron chi connectivity index (χ4n) is 2.31. The van der Waals surface area contributed by atoms with Gasteiger partial charge in [-0.15, -0.1) is 0 Å². The van der Waals surface area contributed by atoms with E-state index in [0.717, 1.165) is 22.2 Å². The molecule has 0 amide bonds. The first kappa shape index (κ1) is 12.1. The molecule has 0 radical (unpaired) electrons. The molecule has 4 heteroatoms. The van der Waals surface area contributed by atoms with Crippen molar-refractivity contribution in [3.8, 4) is 5.69 Å². The van der Waals surface area contributed by atoms with Crippen LogP contribution in [0.5, 0.6) is 0 Å². The smallest absolute Gasteiger partial charge is 0.182 e. The van der Waals surface area contributed by atoms with Gasteiger partial charge < -0.3 is 4.98 Å². The molecule has 0 aliphatic rings. The summed E-state index contributed by atoms with van der Waals surface area (Å²) < 4.78 is 16.3. The Labute approximate surface area is 115 Å². The van der Waals surface area contributed by atoms with E-state index in [9.17, 15) is 4.39 Å². The lowest BCUT2D eigenvalue weighted by Crippen LogP contribution is -1.98. The van der Waals surface area contributed by atoms with Crippen LogP contribution in [0, 0.1) is 24.4 Å². The van der Waals surface area contributed by atoms with E-state index in [1.54, 1.807) is 16.7 Å². The third-order valence-electron chi connectivity index (χ3n) is 3.27. The van der Waals surface area contributed by atoms with Gasteiger partial charge in [-0.3, -0.25) is 4.57 Å². The fourth-order valence-corrected chi connectivity index (χ4v) is 2.61. The highest BCUT2D eigenvalue weighted by Crippen LogP contribution is 2.24. The molecule has 1 heterocycles. The average molecular weight is 272 g/mol. The molecule has 2 nitrogen and oxygen atoms in total. The van der Waals surface area contributed by atoms with Crippen molar-refractivity contribution in [2.45, 2.75) is 13.8 Å². The standard InChI is InChI=1S/C15H13FN2S/c1-9-6-7-11(16)13(8-9)18-12-5-3-4-10(2)14(12)17-15(18)19/h3-8H,1-2H3,(H,17,19). The van der Waals surface area contributed by atoms with E-state index in [0.29, 0.717) is 10.5 Å². The number of halogens is 1. The number of rotatable bonds is 1. The van der Waals surface area contributed by atoms with Crippen molar-refractivity contribution in [2.24, 2.45) is 0 Å². The van der Waals surface area contributed by atoms with Crippen LogP contribution in [-0.4, -0.2) is 9.55 Å². The minimum atomic E-state index is -0.274. The number of aromatic amines is 1. The first-order valence-corrected chi connectivity index (χ1v) is 6.45. The maximum atomic E-state index is 14.1. The van der Waals surface area contributed by atoms with Gasteiger partial charge >= 0.3 is 0 Å². The number of imidazole rings is 1. The van der Waals surface area contributed by atoms with Crippen LogP contribution >= 0.6 is 12.2 Å². The molecule has 0 aliphatic heterocycles. The number of hydrogen-bond acceptors (Lipinski definition) is 1. The van der Waals surface area contributed by atoms with E-state index in [4.69, 9.17) is 12.2 Å². The minimum absolute atomic E-state index is 0.274.